The van der Waals surface area contributed by atoms with Crippen molar-refractivity contribution in [3.05, 3.63) is 160 Å². The Labute approximate surface area is 270 Å². The zero-order chi connectivity index (χ0) is 32.5. The third-order valence-corrected chi connectivity index (χ3v) is 8.56. The minimum absolute atomic E-state index is 0.0901. The van der Waals surface area contributed by atoms with Gasteiger partial charge in [-0.25, -0.2) is 4.68 Å². The van der Waals surface area contributed by atoms with Crippen LogP contribution >= 0.6 is 0 Å². The quantitative estimate of drug-likeness (QED) is 0.161. The van der Waals surface area contributed by atoms with E-state index in [1.54, 1.807) is 15.9 Å². The summed E-state index contributed by atoms with van der Waals surface area (Å²) in [5, 5.41) is 17.3. The van der Waals surface area contributed by atoms with Gasteiger partial charge in [0.25, 0.3) is 17.5 Å². The van der Waals surface area contributed by atoms with Gasteiger partial charge in [0.15, 0.2) is 5.69 Å². The zero-order valence-electron chi connectivity index (χ0n) is 25.3. The van der Waals surface area contributed by atoms with Crippen molar-refractivity contribution in [2.75, 3.05) is 11.4 Å². The number of amides is 2. The van der Waals surface area contributed by atoms with Crippen molar-refractivity contribution in [3.63, 3.8) is 0 Å². The number of hydrogen-bond donors (Lipinski definition) is 1. The summed E-state index contributed by atoms with van der Waals surface area (Å²) in [6.07, 6.45) is 0.570. The first-order valence-electron chi connectivity index (χ1n) is 15.2. The Morgan fingerprint density at radius 2 is 1.45 bits per heavy atom. The summed E-state index contributed by atoms with van der Waals surface area (Å²) in [6.45, 7) is 0.536. The average molecular weight is 623 g/mol. The highest BCUT2D eigenvalue weighted by Crippen LogP contribution is 2.33. The second-order valence-corrected chi connectivity index (χ2v) is 11.3. The van der Waals surface area contributed by atoms with Crippen molar-refractivity contribution in [2.45, 2.75) is 19.0 Å². The summed E-state index contributed by atoms with van der Waals surface area (Å²) in [7, 11) is 0. The lowest BCUT2D eigenvalue weighted by molar-refractivity contribution is -0.384. The van der Waals surface area contributed by atoms with Gasteiger partial charge in [-0.2, -0.15) is 5.10 Å². The number of fused-ring (bicyclic) bond motifs is 2. The van der Waals surface area contributed by atoms with Crippen LogP contribution in [-0.4, -0.2) is 44.0 Å². The van der Waals surface area contributed by atoms with Crippen LogP contribution in [0.25, 0.3) is 16.6 Å². The molecule has 1 aliphatic rings. The zero-order valence-corrected chi connectivity index (χ0v) is 25.3. The van der Waals surface area contributed by atoms with Gasteiger partial charge in [-0.05, 0) is 53.9 Å². The normalized spacial score (nSPS) is 14.1. The number of anilines is 2. The van der Waals surface area contributed by atoms with Crippen molar-refractivity contribution in [3.8, 4) is 5.69 Å². The molecule has 0 aliphatic carbocycles. The maximum Gasteiger partial charge on any atom is 0.283 e. The molecule has 7 rings (SSSR count). The molecule has 6 aromatic rings. The number of hydrogen-bond acceptors (Lipinski definition) is 6. The molecule has 1 aromatic heterocycles. The van der Waals surface area contributed by atoms with Crippen molar-refractivity contribution in [1.82, 2.24) is 14.7 Å². The average Bonchev–Trinajstić information content (AvgIpc) is 3.51. The number of nitro groups is 1. The minimum atomic E-state index is -0.528. The lowest BCUT2D eigenvalue weighted by atomic mass is 9.93. The van der Waals surface area contributed by atoms with E-state index >= 15 is 0 Å². The van der Waals surface area contributed by atoms with E-state index in [9.17, 15) is 19.7 Å². The molecule has 2 amide bonds. The van der Waals surface area contributed by atoms with Crippen molar-refractivity contribution < 1.29 is 14.5 Å². The third-order valence-electron chi connectivity index (χ3n) is 8.56. The predicted molar refractivity (Wildman–Crippen MR) is 180 cm³/mol. The smallest absolute Gasteiger partial charge is 0.283 e. The molecule has 0 saturated carbocycles. The second kappa shape index (κ2) is 12.3. The maximum atomic E-state index is 14.5. The molecular formula is C37H30N6O4. The van der Waals surface area contributed by atoms with Crippen LogP contribution in [0.2, 0.25) is 0 Å². The van der Waals surface area contributed by atoms with Gasteiger partial charge >= 0.3 is 0 Å². The number of aromatic nitrogens is 2. The van der Waals surface area contributed by atoms with Crippen LogP contribution in [0.1, 0.15) is 32.0 Å². The van der Waals surface area contributed by atoms with Gasteiger partial charge in [0, 0.05) is 48.0 Å². The lowest BCUT2D eigenvalue weighted by Gasteiger charge is -2.36. The first-order valence-corrected chi connectivity index (χ1v) is 15.2. The minimum Gasteiger partial charge on any atom is -0.330 e. The van der Waals surface area contributed by atoms with Crippen LogP contribution in [0.5, 0.6) is 0 Å². The fourth-order valence-electron chi connectivity index (χ4n) is 6.24. The van der Waals surface area contributed by atoms with Crippen LogP contribution in [0, 0.1) is 10.1 Å². The Kier molecular flexibility index (Phi) is 7.76. The van der Waals surface area contributed by atoms with Crippen LogP contribution in [0.4, 0.5) is 17.1 Å². The molecule has 2 heterocycles. The van der Waals surface area contributed by atoms with Gasteiger partial charge in [-0.15, -0.1) is 0 Å². The number of rotatable bonds is 7. The molecule has 10 nitrogen and oxygen atoms in total. The van der Waals surface area contributed by atoms with Crippen molar-refractivity contribution in [1.29, 1.82) is 0 Å². The largest absolute Gasteiger partial charge is 0.330 e. The Morgan fingerprint density at radius 1 is 0.830 bits per heavy atom. The monoisotopic (exact) mass is 622 g/mol. The molecule has 0 bridgehead atoms. The molecule has 5 aromatic carbocycles. The molecule has 47 heavy (non-hydrogen) atoms. The highest BCUT2D eigenvalue weighted by atomic mass is 16.6. The summed E-state index contributed by atoms with van der Waals surface area (Å²) >= 11 is 0. The molecule has 0 saturated heterocycles. The molecule has 2 N–H and O–H groups in total. The number of para-hydroxylation sites is 3. The predicted octanol–water partition coefficient (Wildman–Crippen LogP) is 6.44. The molecule has 0 fully saturated rings. The molecule has 1 atom stereocenters. The van der Waals surface area contributed by atoms with E-state index < -0.39 is 10.8 Å². The highest BCUT2D eigenvalue weighted by molar-refractivity contribution is 6.16. The van der Waals surface area contributed by atoms with Gasteiger partial charge in [-0.1, -0.05) is 78.9 Å². The van der Waals surface area contributed by atoms with E-state index in [1.807, 2.05) is 103 Å². The van der Waals surface area contributed by atoms with Crippen LogP contribution in [-0.2, 0) is 13.0 Å². The van der Waals surface area contributed by atoms with Crippen LogP contribution in [0.3, 0.4) is 0 Å². The number of non-ortho nitro benzene ring substituents is 1. The number of carbonyl (C=O) groups excluding carboxylic acids is 2. The number of benzene rings is 5. The van der Waals surface area contributed by atoms with Gasteiger partial charge in [0.2, 0.25) is 0 Å². The fraction of sp³-hybridized carbons (Fsp3) is 0.108. The summed E-state index contributed by atoms with van der Waals surface area (Å²) in [5.74, 6) is -0.778. The van der Waals surface area contributed by atoms with E-state index in [1.165, 1.54) is 22.9 Å². The molecule has 10 heteroatoms. The van der Waals surface area contributed by atoms with Gasteiger partial charge in [0.1, 0.15) is 0 Å². The number of carbonyl (C=O) groups is 2. The summed E-state index contributed by atoms with van der Waals surface area (Å²) in [5.41, 5.74) is 10.5. The molecule has 0 spiro atoms. The number of nitrogens with two attached hydrogens (primary N) is 1. The Hall–Kier alpha value is -6.13. The molecular weight excluding hydrogens is 592 g/mol. The number of nitro benzene ring substituents is 1. The van der Waals surface area contributed by atoms with Gasteiger partial charge < -0.3 is 10.6 Å². The van der Waals surface area contributed by atoms with Crippen LogP contribution in [0.15, 0.2) is 127 Å². The molecule has 0 unspecified atom stereocenters. The third kappa shape index (κ3) is 5.40. The van der Waals surface area contributed by atoms with E-state index in [2.05, 4.69) is 0 Å². The summed E-state index contributed by atoms with van der Waals surface area (Å²) in [4.78, 5) is 43.6. The summed E-state index contributed by atoms with van der Waals surface area (Å²) in [6, 6.07) is 37.6. The van der Waals surface area contributed by atoms with E-state index in [4.69, 9.17) is 10.8 Å². The first-order chi connectivity index (χ1) is 22.9. The Balaban J connectivity index is 1.38. The lowest BCUT2D eigenvalue weighted by Crippen LogP contribution is -2.48. The standard InChI is InChI=1S/C37H30N6O4/c38-23-30-21-25-11-7-8-12-26(25)24-40(30)36(44)32-22-29(43(46)47)19-20-34(32)42-33-18-10-9-17-31(33)35(39-42)37(45)41(27-13-3-1-4-14-27)28-15-5-2-6-16-28/h1-20,22,30H,21,23-24,38H2/t30-/m0/s1. The van der Waals surface area contributed by atoms with Gasteiger partial charge in [-0.3, -0.25) is 24.6 Å². The fourth-order valence-corrected chi connectivity index (χ4v) is 6.24. The van der Waals surface area contributed by atoms with Crippen molar-refractivity contribution >= 4 is 39.8 Å². The highest BCUT2D eigenvalue weighted by Gasteiger charge is 2.33. The van der Waals surface area contributed by atoms with E-state index in [0.717, 1.165) is 11.1 Å². The van der Waals surface area contributed by atoms with E-state index in [0.29, 0.717) is 40.9 Å². The SMILES string of the molecule is NC[C@@H]1Cc2ccccc2CN1C(=O)c1cc([N+](=O)[O-])ccc1-n1nc(C(=O)N(c2ccccc2)c2ccccc2)c2ccccc21. The second-order valence-electron chi connectivity index (χ2n) is 11.3. The Bertz CT molecular complexity index is 2090. The summed E-state index contributed by atoms with van der Waals surface area (Å²) < 4.78 is 1.53. The van der Waals surface area contributed by atoms with Crippen molar-refractivity contribution in [2.24, 2.45) is 5.73 Å². The van der Waals surface area contributed by atoms with Crippen LogP contribution < -0.4 is 10.6 Å². The molecule has 232 valence electrons. The molecule has 1 aliphatic heterocycles. The number of nitrogens with zero attached hydrogens (tertiary/aromatic N) is 5. The Morgan fingerprint density at radius 3 is 2.11 bits per heavy atom. The van der Waals surface area contributed by atoms with Gasteiger partial charge in [0.05, 0.1) is 21.7 Å². The first kappa shape index (κ1) is 29.6. The maximum absolute atomic E-state index is 14.5. The molecule has 0 radical (unpaired) electrons. The van der Waals surface area contributed by atoms with E-state index in [-0.39, 0.29) is 35.4 Å². The topological polar surface area (TPSA) is 128 Å².